The van der Waals surface area contributed by atoms with Gasteiger partial charge in [0.1, 0.15) is 11.4 Å². The molecule has 0 saturated carbocycles. The van der Waals surface area contributed by atoms with Crippen molar-refractivity contribution in [2.24, 2.45) is 0 Å². The van der Waals surface area contributed by atoms with Crippen molar-refractivity contribution in [2.75, 3.05) is 25.6 Å². The van der Waals surface area contributed by atoms with E-state index < -0.39 is 0 Å². The molecule has 0 unspecified atom stereocenters. The molecule has 0 aliphatic carbocycles. The van der Waals surface area contributed by atoms with Crippen LogP contribution in [-0.4, -0.2) is 36.1 Å². The monoisotopic (exact) mass is 378 g/mol. The zero-order valence-electron chi connectivity index (χ0n) is 15.6. The van der Waals surface area contributed by atoms with Gasteiger partial charge in [0.2, 0.25) is 5.95 Å². The Hall–Kier alpha value is -3.45. The standard InChI is InChI=1S/C21H22N4O3/c1-27-15-7-13-22-20(26)18-12-14-23-21(25-18)24-17-10-5-6-11-19(17)28-16-8-3-2-4-9-16/h2-6,8-12,14H,7,13,15H2,1H3,(H,22,26)(H,23,24,25). The van der Waals surface area contributed by atoms with E-state index in [0.29, 0.717) is 30.5 Å². The summed E-state index contributed by atoms with van der Waals surface area (Å²) < 4.78 is 10.9. The molecule has 0 saturated heterocycles. The predicted molar refractivity (Wildman–Crippen MR) is 107 cm³/mol. The fraction of sp³-hybridized carbons (Fsp3) is 0.190. The lowest BCUT2D eigenvalue weighted by Gasteiger charge is -2.12. The number of amides is 1. The number of methoxy groups -OCH3 is 1. The number of carbonyl (C=O) groups is 1. The summed E-state index contributed by atoms with van der Waals surface area (Å²) in [4.78, 5) is 20.7. The van der Waals surface area contributed by atoms with Crippen LogP contribution in [0, 0.1) is 0 Å². The summed E-state index contributed by atoms with van der Waals surface area (Å²) in [7, 11) is 1.63. The third kappa shape index (κ3) is 5.52. The lowest BCUT2D eigenvalue weighted by atomic mass is 10.3. The van der Waals surface area contributed by atoms with Crippen LogP contribution >= 0.6 is 0 Å². The number of rotatable bonds is 9. The predicted octanol–water partition coefficient (Wildman–Crippen LogP) is 3.78. The minimum Gasteiger partial charge on any atom is -0.455 e. The number of nitrogens with zero attached hydrogens (tertiary/aromatic N) is 2. The molecule has 0 spiro atoms. The van der Waals surface area contributed by atoms with Crippen molar-refractivity contribution in [3.63, 3.8) is 0 Å². The number of benzene rings is 2. The summed E-state index contributed by atoms with van der Waals surface area (Å²) in [6.45, 7) is 1.11. The van der Waals surface area contributed by atoms with Gasteiger partial charge in [0, 0.05) is 26.5 Å². The van der Waals surface area contributed by atoms with Crippen LogP contribution < -0.4 is 15.4 Å². The highest BCUT2D eigenvalue weighted by molar-refractivity contribution is 5.92. The van der Waals surface area contributed by atoms with E-state index in [1.807, 2.05) is 54.6 Å². The van der Waals surface area contributed by atoms with Crippen LogP contribution in [0.2, 0.25) is 0 Å². The van der Waals surface area contributed by atoms with E-state index in [-0.39, 0.29) is 11.6 Å². The maximum absolute atomic E-state index is 12.2. The van der Waals surface area contributed by atoms with E-state index >= 15 is 0 Å². The Morgan fingerprint density at radius 1 is 1.04 bits per heavy atom. The molecule has 3 rings (SSSR count). The van der Waals surface area contributed by atoms with Gasteiger partial charge in [-0.1, -0.05) is 30.3 Å². The zero-order chi connectivity index (χ0) is 19.6. The van der Waals surface area contributed by atoms with Gasteiger partial charge in [0.15, 0.2) is 5.75 Å². The molecule has 0 aliphatic heterocycles. The van der Waals surface area contributed by atoms with Gasteiger partial charge in [-0.2, -0.15) is 0 Å². The Morgan fingerprint density at radius 3 is 2.64 bits per heavy atom. The van der Waals surface area contributed by atoms with E-state index in [0.717, 1.165) is 12.2 Å². The van der Waals surface area contributed by atoms with Crippen LogP contribution in [0.3, 0.4) is 0 Å². The summed E-state index contributed by atoms with van der Waals surface area (Å²) in [5.74, 6) is 1.41. The number of para-hydroxylation sites is 3. The second-order valence-corrected chi connectivity index (χ2v) is 5.90. The quantitative estimate of drug-likeness (QED) is 0.551. The van der Waals surface area contributed by atoms with Crippen molar-refractivity contribution < 1.29 is 14.3 Å². The van der Waals surface area contributed by atoms with Crippen molar-refractivity contribution >= 4 is 17.5 Å². The smallest absolute Gasteiger partial charge is 0.270 e. The van der Waals surface area contributed by atoms with Crippen molar-refractivity contribution in [3.8, 4) is 11.5 Å². The molecule has 0 aliphatic rings. The first-order valence-corrected chi connectivity index (χ1v) is 8.95. The number of anilines is 2. The number of hydrogen-bond acceptors (Lipinski definition) is 6. The lowest BCUT2D eigenvalue weighted by Crippen LogP contribution is -2.26. The Labute approximate surface area is 163 Å². The van der Waals surface area contributed by atoms with E-state index in [1.165, 1.54) is 0 Å². The molecule has 1 amide bonds. The van der Waals surface area contributed by atoms with Gasteiger partial charge in [0.05, 0.1) is 5.69 Å². The Bertz CT molecular complexity index is 903. The Morgan fingerprint density at radius 2 is 1.82 bits per heavy atom. The number of ether oxygens (including phenoxy) is 2. The van der Waals surface area contributed by atoms with E-state index in [1.54, 1.807) is 19.4 Å². The van der Waals surface area contributed by atoms with E-state index in [4.69, 9.17) is 9.47 Å². The third-order valence-electron chi connectivity index (χ3n) is 3.80. The molecule has 0 fully saturated rings. The van der Waals surface area contributed by atoms with Crippen LogP contribution in [0.4, 0.5) is 11.6 Å². The van der Waals surface area contributed by atoms with Gasteiger partial charge in [-0.3, -0.25) is 4.79 Å². The first-order valence-electron chi connectivity index (χ1n) is 8.95. The fourth-order valence-corrected chi connectivity index (χ4v) is 2.45. The SMILES string of the molecule is COCCCNC(=O)c1ccnc(Nc2ccccc2Oc2ccccc2)n1. The zero-order valence-corrected chi connectivity index (χ0v) is 15.6. The van der Waals surface area contributed by atoms with E-state index in [9.17, 15) is 4.79 Å². The second kappa shape index (κ2) is 10.0. The molecule has 7 heteroatoms. The molecule has 0 radical (unpaired) electrons. The van der Waals surface area contributed by atoms with Gasteiger partial charge >= 0.3 is 0 Å². The molecule has 144 valence electrons. The number of hydrogen-bond donors (Lipinski definition) is 2. The van der Waals surface area contributed by atoms with Crippen LogP contribution in [0.1, 0.15) is 16.9 Å². The second-order valence-electron chi connectivity index (χ2n) is 5.90. The molecule has 7 nitrogen and oxygen atoms in total. The first-order chi connectivity index (χ1) is 13.8. The van der Waals surface area contributed by atoms with Crippen molar-refractivity contribution in [2.45, 2.75) is 6.42 Å². The van der Waals surface area contributed by atoms with Crippen molar-refractivity contribution in [1.82, 2.24) is 15.3 Å². The molecule has 1 heterocycles. The summed E-state index contributed by atoms with van der Waals surface area (Å²) in [6.07, 6.45) is 2.28. The molecular formula is C21H22N4O3. The fourth-order valence-electron chi connectivity index (χ4n) is 2.45. The number of aromatic nitrogens is 2. The Kier molecular flexibility index (Phi) is 6.92. The van der Waals surface area contributed by atoms with Crippen molar-refractivity contribution in [1.29, 1.82) is 0 Å². The molecule has 28 heavy (non-hydrogen) atoms. The maximum atomic E-state index is 12.2. The summed E-state index contributed by atoms with van der Waals surface area (Å²) in [5, 5.41) is 5.92. The van der Waals surface area contributed by atoms with Crippen LogP contribution in [0.5, 0.6) is 11.5 Å². The third-order valence-corrected chi connectivity index (χ3v) is 3.80. The average molecular weight is 378 g/mol. The average Bonchev–Trinajstić information content (AvgIpc) is 2.73. The Balaban J connectivity index is 1.70. The highest BCUT2D eigenvalue weighted by Crippen LogP contribution is 2.30. The molecule has 2 N–H and O–H groups in total. The molecular weight excluding hydrogens is 356 g/mol. The molecule has 1 aromatic heterocycles. The van der Waals surface area contributed by atoms with Gasteiger partial charge in [-0.25, -0.2) is 9.97 Å². The summed E-state index contributed by atoms with van der Waals surface area (Å²) in [5.41, 5.74) is 0.986. The molecule has 0 atom stereocenters. The number of carbonyl (C=O) groups excluding carboxylic acids is 1. The molecule has 2 aromatic carbocycles. The minimum atomic E-state index is -0.254. The minimum absolute atomic E-state index is 0.254. The van der Waals surface area contributed by atoms with Crippen molar-refractivity contribution in [3.05, 3.63) is 72.6 Å². The molecule has 3 aromatic rings. The van der Waals surface area contributed by atoms with E-state index in [2.05, 4.69) is 20.6 Å². The number of nitrogens with one attached hydrogen (secondary N) is 2. The topological polar surface area (TPSA) is 85.4 Å². The van der Waals surface area contributed by atoms with Gasteiger partial charge in [-0.05, 0) is 36.8 Å². The summed E-state index contributed by atoms with van der Waals surface area (Å²) in [6, 6.07) is 18.5. The normalized spacial score (nSPS) is 10.3. The maximum Gasteiger partial charge on any atom is 0.270 e. The van der Waals surface area contributed by atoms with Gasteiger partial charge in [0.25, 0.3) is 5.91 Å². The van der Waals surface area contributed by atoms with Gasteiger partial charge in [-0.15, -0.1) is 0 Å². The summed E-state index contributed by atoms with van der Waals surface area (Å²) >= 11 is 0. The first kappa shape index (κ1) is 19.3. The molecule has 0 bridgehead atoms. The van der Waals surface area contributed by atoms with Crippen LogP contribution in [-0.2, 0) is 4.74 Å². The highest BCUT2D eigenvalue weighted by Gasteiger charge is 2.10. The lowest BCUT2D eigenvalue weighted by molar-refractivity contribution is 0.0943. The van der Waals surface area contributed by atoms with Gasteiger partial charge < -0.3 is 20.1 Å². The largest absolute Gasteiger partial charge is 0.455 e. The van der Waals surface area contributed by atoms with Crippen LogP contribution in [0.25, 0.3) is 0 Å². The van der Waals surface area contributed by atoms with Crippen LogP contribution in [0.15, 0.2) is 66.9 Å². The highest BCUT2D eigenvalue weighted by atomic mass is 16.5.